The topological polar surface area (TPSA) is 333 Å². The Bertz CT molecular complexity index is 3520. The van der Waals surface area contributed by atoms with Crippen molar-refractivity contribution in [3.05, 3.63) is 110 Å². The summed E-state index contributed by atoms with van der Waals surface area (Å²) in [5.74, 6) is -7.24. The number of rotatable bonds is 28. The van der Waals surface area contributed by atoms with E-state index in [4.69, 9.17) is 23.9 Å². The molecule has 5 atom stereocenters. The van der Waals surface area contributed by atoms with Crippen LogP contribution in [0.4, 0.5) is 4.39 Å². The molecule has 1 unspecified atom stereocenters. The van der Waals surface area contributed by atoms with Gasteiger partial charge in [-0.05, 0) is 102 Å². The molecule has 8 N–H and O–H groups in total. The number of imide groups is 1. The second-order valence-corrected chi connectivity index (χ2v) is 23.7. The van der Waals surface area contributed by atoms with Crippen molar-refractivity contribution < 1.29 is 71.6 Å². The number of aryl methyl sites for hydroxylation is 1. The summed E-state index contributed by atoms with van der Waals surface area (Å²) in [6.07, 6.45) is 3.91. The molecule has 0 fully saturated rings. The van der Waals surface area contributed by atoms with Gasteiger partial charge in [-0.2, -0.15) is 0 Å². The van der Waals surface area contributed by atoms with E-state index < -0.39 is 131 Å². The number of cyclic esters (lactones) is 1. The standard InChI is InChI=1S/C62H77FN10O15/c1-10-61(8,87-22-21-59(4,5)85-9)32-64-26-45(73-49(77)19-20-50(73)78)55(80)67-27-46(74)65-29-48(76)69-43(23-35-15-13-12-14-16-35)54(79)66-28-47(75)68-33-88-60(6,7)57(82)71-41-18-17-36-34(3)40(63)25-42-51(36)52(41)37-30-72-44(53(37)70-42)24-39-38(56(72)81)31-86-58(83)62(39,84)11-2/h12-16,19-20,24-25,41,43,45,64,84H,10-11,17-18,21-23,26-33H2,1-9H3,(H,65,74)(H,66,79)(H,67,80)(H,68,75)(H,69,76)(H,71,82)/t41-,43-,45-,61?,62-/m0/s1. The van der Waals surface area contributed by atoms with E-state index in [0.29, 0.717) is 82.4 Å². The summed E-state index contributed by atoms with van der Waals surface area (Å²) in [4.78, 5) is 139. The predicted octanol–water partition coefficient (Wildman–Crippen LogP) is 1.46. The van der Waals surface area contributed by atoms with Crippen LogP contribution >= 0.6 is 0 Å². The van der Waals surface area contributed by atoms with Crippen LogP contribution in [-0.4, -0.2) is 155 Å². The number of methoxy groups -OCH3 is 1. The number of aromatic nitrogens is 2. The summed E-state index contributed by atoms with van der Waals surface area (Å²) in [5.41, 5.74) is -1.02. The third-order valence-corrected chi connectivity index (χ3v) is 16.9. The number of nitrogens with one attached hydrogen (secondary N) is 7. The first-order valence-electron chi connectivity index (χ1n) is 29.3. The molecule has 1 aliphatic carbocycles. The molecule has 4 aromatic rings. The molecule has 8 rings (SSSR count). The van der Waals surface area contributed by atoms with Crippen LogP contribution in [0, 0.1) is 12.7 Å². The van der Waals surface area contributed by atoms with Crippen molar-refractivity contribution in [1.29, 1.82) is 0 Å². The van der Waals surface area contributed by atoms with Crippen molar-refractivity contribution in [2.75, 3.05) is 53.2 Å². The van der Waals surface area contributed by atoms with Crippen LogP contribution in [0.1, 0.15) is 119 Å². The zero-order valence-corrected chi connectivity index (χ0v) is 50.9. The Morgan fingerprint density at radius 2 is 1.53 bits per heavy atom. The molecule has 88 heavy (non-hydrogen) atoms. The number of esters is 1. The van der Waals surface area contributed by atoms with E-state index >= 15 is 4.39 Å². The Balaban J connectivity index is 0.839. The quantitative estimate of drug-likeness (QED) is 0.0200. The summed E-state index contributed by atoms with van der Waals surface area (Å²) < 4.78 is 39.8. The SMILES string of the molecule is CCC(C)(CNC[C@@H](C(=O)NCC(=O)NCC(=O)N[C@@H](Cc1ccccc1)C(=O)NCC(=O)NCOC(C)(C)C(=O)N[C@H]1CCc2c(C)c(F)cc3nc4c(c1c23)Cn1c-4cc2c(c1=O)COC(=O)[C@]2(O)CC)N1C(=O)C=CC1=O)OCCC(C)(C)OC. The van der Waals surface area contributed by atoms with Crippen LogP contribution in [0.2, 0.25) is 0 Å². The van der Waals surface area contributed by atoms with Gasteiger partial charge in [0.2, 0.25) is 29.5 Å². The first kappa shape index (κ1) is 65.7. The van der Waals surface area contributed by atoms with Crippen molar-refractivity contribution in [2.45, 2.75) is 148 Å². The van der Waals surface area contributed by atoms with Crippen LogP contribution in [-0.2, 0) is 93.7 Å². The molecule has 4 aliphatic rings. The van der Waals surface area contributed by atoms with E-state index in [-0.39, 0.29) is 50.2 Å². The van der Waals surface area contributed by atoms with Crippen molar-refractivity contribution in [1.82, 2.24) is 51.7 Å². The number of carbonyl (C=O) groups excluding carboxylic acids is 9. The van der Waals surface area contributed by atoms with Crippen molar-refractivity contribution in [2.24, 2.45) is 0 Å². The largest absolute Gasteiger partial charge is 0.458 e. The number of halogens is 1. The van der Waals surface area contributed by atoms with E-state index in [9.17, 15) is 53.1 Å². The fourth-order valence-corrected chi connectivity index (χ4v) is 11.0. The number of pyridine rings is 2. The molecule has 25 nitrogen and oxygen atoms in total. The number of nitrogens with zero attached hydrogens (tertiary/aromatic N) is 3. The molecule has 0 radical (unpaired) electrons. The maximum atomic E-state index is 15.5. The number of hydrogen-bond donors (Lipinski definition) is 8. The van der Waals surface area contributed by atoms with Gasteiger partial charge >= 0.3 is 5.97 Å². The van der Waals surface area contributed by atoms with Gasteiger partial charge in [-0.25, -0.2) is 14.2 Å². The Kier molecular flexibility index (Phi) is 20.1. The maximum absolute atomic E-state index is 15.5. The number of carbonyl (C=O) groups is 9. The molecule has 26 heteroatoms. The summed E-state index contributed by atoms with van der Waals surface area (Å²) in [6.45, 7) is 11.8. The lowest BCUT2D eigenvalue weighted by Gasteiger charge is -2.32. The molecule has 0 saturated carbocycles. The molecule has 3 aliphatic heterocycles. The zero-order chi connectivity index (χ0) is 64.0. The van der Waals surface area contributed by atoms with Crippen molar-refractivity contribution in [3.63, 3.8) is 0 Å². The lowest BCUT2D eigenvalue weighted by molar-refractivity contribution is -0.172. The smallest absolute Gasteiger partial charge is 0.343 e. The number of hydrogen-bond acceptors (Lipinski definition) is 17. The third-order valence-electron chi connectivity index (χ3n) is 16.9. The normalized spacial score (nSPS) is 18.1. The highest BCUT2D eigenvalue weighted by Crippen LogP contribution is 2.46. The molecule has 2 aromatic heterocycles. The Labute approximate surface area is 507 Å². The summed E-state index contributed by atoms with van der Waals surface area (Å²) in [7, 11) is 1.62. The van der Waals surface area contributed by atoms with E-state index in [1.807, 2.05) is 27.7 Å². The van der Waals surface area contributed by atoms with E-state index in [2.05, 4.69) is 37.2 Å². The second kappa shape index (κ2) is 27.0. The van der Waals surface area contributed by atoms with Crippen LogP contribution in [0.5, 0.6) is 0 Å². The van der Waals surface area contributed by atoms with Crippen LogP contribution < -0.4 is 42.8 Å². The van der Waals surface area contributed by atoms with Gasteiger partial charge in [0.25, 0.3) is 23.3 Å². The van der Waals surface area contributed by atoms with Gasteiger partial charge in [0.05, 0.1) is 72.5 Å². The molecule has 8 amide bonds. The summed E-state index contributed by atoms with van der Waals surface area (Å²) in [5, 5.41) is 30.7. The monoisotopic (exact) mass is 1220 g/mol. The first-order valence-corrected chi connectivity index (χ1v) is 29.3. The molecule has 2 aromatic carbocycles. The fraction of sp³-hybridized carbons (Fsp3) is 0.500. The van der Waals surface area contributed by atoms with Crippen molar-refractivity contribution >= 4 is 64.1 Å². The lowest BCUT2D eigenvalue weighted by Crippen LogP contribution is -2.56. The maximum Gasteiger partial charge on any atom is 0.343 e. The van der Waals surface area contributed by atoms with E-state index in [1.165, 1.54) is 24.5 Å². The van der Waals surface area contributed by atoms with Gasteiger partial charge in [0, 0.05) is 61.4 Å². The first-order chi connectivity index (χ1) is 41.6. The number of amides is 8. The molecule has 0 spiro atoms. The van der Waals surface area contributed by atoms with Crippen LogP contribution in [0.15, 0.2) is 59.4 Å². The van der Waals surface area contributed by atoms with E-state index in [1.54, 1.807) is 57.4 Å². The van der Waals surface area contributed by atoms with Crippen LogP contribution in [0.3, 0.4) is 0 Å². The number of aliphatic hydroxyl groups is 1. The van der Waals surface area contributed by atoms with Crippen LogP contribution in [0.25, 0.3) is 22.3 Å². The average Bonchev–Trinajstić information content (AvgIpc) is 1.39. The fourth-order valence-electron chi connectivity index (χ4n) is 11.0. The molecule has 5 heterocycles. The number of ether oxygens (including phenoxy) is 4. The minimum Gasteiger partial charge on any atom is -0.458 e. The minimum absolute atomic E-state index is 0.0186. The Hall–Kier alpha value is -8.30. The van der Waals surface area contributed by atoms with Gasteiger partial charge in [0.1, 0.15) is 36.8 Å². The number of fused-ring (bicyclic) bond motifs is 5. The summed E-state index contributed by atoms with van der Waals surface area (Å²) in [6, 6.07) is 8.27. The Morgan fingerprint density at radius 3 is 2.20 bits per heavy atom. The summed E-state index contributed by atoms with van der Waals surface area (Å²) >= 11 is 0. The highest BCUT2D eigenvalue weighted by Gasteiger charge is 2.46. The minimum atomic E-state index is -2.07. The molecule has 472 valence electrons. The van der Waals surface area contributed by atoms with Gasteiger partial charge < -0.3 is 65.8 Å². The van der Waals surface area contributed by atoms with Gasteiger partial charge in [0.15, 0.2) is 5.60 Å². The number of benzene rings is 2. The van der Waals surface area contributed by atoms with Gasteiger partial charge in [-0.1, -0.05) is 44.2 Å². The molecule has 0 bridgehead atoms. The van der Waals surface area contributed by atoms with E-state index in [0.717, 1.165) is 17.1 Å². The molecular formula is C62H77FN10O15. The zero-order valence-electron chi connectivity index (χ0n) is 50.9. The average molecular weight is 1220 g/mol. The van der Waals surface area contributed by atoms with Gasteiger partial charge in [-0.3, -0.25) is 48.1 Å². The molecular weight excluding hydrogens is 1140 g/mol. The highest BCUT2D eigenvalue weighted by molar-refractivity contribution is 6.15. The third kappa shape index (κ3) is 14.3. The van der Waals surface area contributed by atoms with Crippen molar-refractivity contribution in [3.8, 4) is 11.4 Å². The van der Waals surface area contributed by atoms with Gasteiger partial charge in [-0.15, -0.1) is 0 Å². The molecule has 0 saturated heterocycles. The lowest BCUT2D eigenvalue weighted by atomic mass is 9.81. The Morgan fingerprint density at radius 1 is 0.864 bits per heavy atom. The predicted molar refractivity (Wildman–Crippen MR) is 316 cm³/mol. The second-order valence-electron chi connectivity index (χ2n) is 23.7. The highest BCUT2D eigenvalue weighted by atomic mass is 19.1.